The first-order chi connectivity index (χ1) is 13.8. The summed E-state index contributed by atoms with van der Waals surface area (Å²) in [7, 11) is -1.11. The molecule has 2 aliphatic carbocycles. The van der Waals surface area contributed by atoms with Crippen molar-refractivity contribution in [2.24, 2.45) is 5.92 Å². The number of rotatable bonds is 6. The van der Waals surface area contributed by atoms with Crippen LogP contribution in [-0.2, 0) is 17.4 Å². The van der Waals surface area contributed by atoms with Crippen LogP contribution >= 0.6 is 0 Å². The maximum Gasteiger partial charge on any atom is 0.152 e. The van der Waals surface area contributed by atoms with Gasteiger partial charge in [0, 0.05) is 18.5 Å². The fourth-order valence-corrected chi connectivity index (χ4v) is 6.22. The van der Waals surface area contributed by atoms with E-state index in [2.05, 4.69) is 27.8 Å². The number of nitrogens with zero attached hydrogens (tertiary/aromatic N) is 1. The van der Waals surface area contributed by atoms with Gasteiger partial charge in [0.2, 0.25) is 0 Å². The third-order valence-corrected chi connectivity index (χ3v) is 8.17. The van der Waals surface area contributed by atoms with Crippen molar-refractivity contribution >= 4 is 16.7 Å². The molecule has 2 fully saturated rings. The Morgan fingerprint density at radius 1 is 1.04 bits per heavy atom. The Morgan fingerprint density at radius 3 is 2.68 bits per heavy atom. The molecule has 3 unspecified atom stereocenters. The fraction of sp³-hybridized carbons (Fsp3) is 0.500. The van der Waals surface area contributed by atoms with Crippen molar-refractivity contribution in [3.63, 3.8) is 0 Å². The van der Waals surface area contributed by atoms with Crippen LogP contribution in [0, 0.1) is 5.92 Å². The number of hydrogen-bond donors (Lipinski definition) is 1. The number of fused-ring (bicyclic) bond motifs is 1. The first-order valence-electron chi connectivity index (χ1n) is 10.9. The van der Waals surface area contributed by atoms with Crippen LogP contribution in [0.4, 0.5) is 5.69 Å². The van der Waals surface area contributed by atoms with Gasteiger partial charge in [-0.2, -0.15) is 0 Å². The van der Waals surface area contributed by atoms with Crippen LogP contribution in [0.15, 0.2) is 53.4 Å². The molecule has 0 bridgehead atoms. The van der Waals surface area contributed by atoms with Gasteiger partial charge in [0.1, 0.15) is 0 Å². The quantitative estimate of drug-likeness (QED) is 0.763. The van der Waals surface area contributed by atoms with Gasteiger partial charge in [0.15, 0.2) is 11.0 Å². The number of benzene rings is 2. The van der Waals surface area contributed by atoms with Gasteiger partial charge in [-0.05, 0) is 67.5 Å². The molecule has 0 aromatic heterocycles. The normalized spacial score (nSPS) is 25.5. The second-order valence-corrected chi connectivity index (χ2v) is 10.1. The maximum atomic E-state index is 13.0. The highest BCUT2D eigenvalue weighted by Gasteiger charge is 2.39. The Kier molecular flexibility index (Phi) is 5.25. The van der Waals surface area contributed by atoms with E-state index in [1.54, 1.807) is 0 Å². The Hall–Kier alpha value is -1.65. The third kappa shape index (κ3) is 3.77. The lowest BCUT2D eigenvalue weighted by atomic mass is 9.89. The van der Waals surface area contributed by atoms with Gasteiger partial charge in [-0.1, -0.05) is 49.6 Å². The smallest absolute Gasteiger partial charge is 0.152 e. The van der Waals surface area contributed by atoms with Gasteiger partial charge in [0.05, 0.1) is 10.6 Å². The highest BCUT2D eigenvalue weighted by Crippen LogP contribution is 2.43. The summed E-state index contributed by atoms with van der Waals surface area (Å²) in [6.45, 7) is 2.05. The van der Waals surface area contributed by atoms with E-state index in [0.717, 1.165) is 29.5 Å². The lowest BCUT2D eigenvalue weighted by Gasteiger charge is -2.22. The Labute approximate surface area is 171 Å². The first-order valence-corrected chi connectivity index (χ1v) is 12.0. The summed E-state index contributed by atoms with van der Waals surface area (Å²) in [4.78, 5) is 0.883. The van der Waals surface area contributed by atoms with E-state index in [0.29, 0.717) is 12.0 Å². The average Bonchev–Trinajstić information content (AvgIpc) is 3.42. The topological polar surface area (TPSA) is 32.3 Å². The molecule has 148 valence electrons. The summed E-state index contributed by atoms with van der Waals surface area (Å²) in [5.74, 6) is 1.57. The molecule has 1 aliphatic heterocycles. The lowest BCUT2D eigenvalue weighted by molar-refractivity contribution is 0.341. The van der Waals surface area contributed by atoms with E-state index in [9.17, 15) is 4.21 Å². The van der Waals surface area contributed by atoms with Gasteiger partial charge in [-0.15, -0.1) is 0 Å². The van der Waals surface area contributed by atoms with Crippen LogP contribution < -0.4 is 9.62 Å². The van der Waals surface area contributed by atoms with Crippen molar-refractivity contribution in [3.8, 4) is 0 Å². The average molecular weight is 395 g/mol. The van der Waals surface area contributed by atoms with Crippen molar-refractivity contribution in [3.05, 3.63) is 59.7 Å². The molecular formula is C24H30N2OS. The summed E-state index contributed by atoms with van der Waals surface area (Å²) < 4.78 is 15.0. The van der Waals surface area contributed by atoms with Crippen molar-refractivity contribution in [2.45, 2.75) is 61.8 Å². The largest absolute Gasteiger partial charge is 0.313 e. The SMILES string of the molecule is O=S(c1ccccc1)N1CCc2cc(C3CC3NCC3CCCCC3)ccc21. The lowest BCUT2D eigenvalue weighted by Crippen LogP contribution is -2.27. The van der Waals surface area contributed by atoms with Gasteiger partial charge >= 0.3 is 0 Å². The highest BCUT2D eigenvalue weighted by atomic mass is 32.2. The summed E-state index contributed by atoms with van der Waals surface area (Å²) in [5.41, 5.74) is 3.98. The van der Waals surface area contributed by atoms with Crippen molar-refractivity contribution in [1.82, 2.24) is 5.32 Å². The van der Waals surface area contributed by atoms with Gasteiger partial charge in [-0.3, -0.25) is 4.31 Å². The molecule has 2 saturated carbocycles. The molecule has 2 aromatic carbocycles. The number of anilines is 1. The molecule has 2 aromatic rings. The number of nitrogens with one attached hydrogen (secondary N) is 1. The predicted molar refractivity (Wildman–Crippen MR) is 116 cm³/mol. The molecular weight excluding hydrogens is 364 g/mol. The minimum Gasteiger partial charge on any atom is -0.313 e. The molecule has 0 radical (unpaired) electrons. The monoisotopic (exact) mass is 394 g/mol. The van der Waals surface area contributed by atoms with E-state index in [1.807, 2.05) is 30.3 Å². The summed E-state index contributed by atoms with van der Waals surface area (Å²) in [6, 6.07) is 17.3. The van der Waals surface area contributed by atoms with E-state index < -0.39 is 11.0 Å². The molecule has 0 amide bonds. The van der Waals surface area contributed by atoms with Crippen molar-refractivity contribution in [1.29, 1.82) is 0 Å². The molecule has 28 heavy (non-hydrogen) atoms. The van der Waals surface area contributed by atoms with Crippen LogP contribution in [0.1, 0.15) is 55.6 Å². The summed E-state index contributed by atoms with van der Waals surface area (Å²) in [6.07, 6.45) is 9.37. The van der Waals surface area contributed by atoms with Gasteiger partial charge in [-0.25, -0.2) is 4.21 Å². The zero-order valence-electron chi connectivity index (χ0n) is 16.5. The molecule has 3 aliphatic rings. The second-order valence-electron chi connectivity index (χ2n) is 8.66. The zero-order chi connectivity index (χ0) is 18.9. The van der Waals surface area contributed by atoms with Crippen LogP contribution in [0.25, 0.3) is 0 Å². The Bertz CT molecular complexity index is 847. The summed E-state index contributed by atoms with van der Waals surface area (Å²) >= 11 is 0. The van der Waals surface area contributed by atoms with Gasteiger partial charge in [0.25, 0.3) is 0 Å². The minimum absolute atomic E-state index is 0.663. The van der Waals surface area contributed by atoms with Crippen LogP contribution in [-0.4, -0.2) is 23.3 Å². The van der Waals surface area contributed by atoms with Crippen molar-refractivity contribution in [2.75, 3.05) is 17.4 Å². The van der Waals surface area contributed by atoms with Gasteiger partial charge < -0.3 is 5.32 Å². The molecule has 1 N–H and O–H groups in total. The molecule has 3 atom stereocenters. The molecule has 0 saturated heterocycles. The van der Waals surface area contributed by atoms with Crippen molar-refractivity contribution < 1.29 is 4.21 Å². The molecule has 4 heteroatoms. The predicted octanol–water partition coefficient (Wildman–Crippen LogP) is 4.80. The van der Waals surface area contributed by atoms with E-state index in [4.69, 9.17) is 0 Å². The summed E-state index contributed by atoms with van der Waals surface area (Å²) in [5, 5.41) is 3.83. The Morgan fingerprint density at radius 2 is 1.86 bits per heavy atom. The highest BCUT2D eigenvalue weighted by molar-refractivity contribution is 7.86. The molecule has 3 nitrogen and oxygen atoms in total. The van der Waals surface area contributed by atoms with E-state index in [1.165, 1.54) is 56.2 Å². The third-order valence-electron chi connectivity index (χ3n) is 6.71. The minimum atomic E-state index is -1.11. The fourth-order valence-electron chi connectivity index (χ4n) is 4.96. The van der Waals surface area contributed by atoms with E-state index in [-0.39, 0.29) is 0 Å². The molecule has 1 heterocycles. The second kappa shape index (κ2) is 8.00. The standard InChI is InChI=1S/C24H30N2OS/c27-28(21-9-5-2-6-10-21)26-14-13-20-15-19(11-12-24(20)26)22-16-23(22)25-17-18-7-3-1-4-8-18/h2,5-6,9-12,15,18,22-23,25H,1,3-4,7-8,13-14,16-17H2. The molecule has 0 spiro atoms. The zero-order valence-corrected chi connectivity index (χ0v) is 17.3. The maximum absolute atomic E-state index is 13.0. The van der Waals surface area contributed by atoms with Crippen LogP contribution in [0.2, 0.25) is 0 Å². The van der Waals surface area contributed by atoms with E-state index >= 15 is 0 Å². The Balaban J connectivity index is 1.22. The molecule has 5 rings (SSSR count). The first kappa shape index (κ1) is 18.4. The van der Waals surface area contributed by atoms with Crippen LogP contribution in [0.3, 0.4) is 0 Å². The van der Waals surface area contributed by atoms with Crippen LogP contribution in [0.5, 0.6) is 0 Å². The number of hydrogen-bond acceptors (Lipinski definition) is 2.